The highest BCUT2D eigenvalue weighted by Gasteiger charge is 2.05. The van der Waals surface area contributed by atoms with Gasteiger partial charge < -0.3 is 5.32 Å². The molecule has 0 fully saturated rings. The van der Waals surface area contributed by atoms with E-state index in [1.165, 1.54) is 0 Å². The first-order valence-electron chi connectivity index (χ1n) is 4.00. The van der Waals surface area contributed by atoms with E-state index in [1.807, 2.05) is 13.8 Å². The van der Waals surface area contributed by atoms with Crippen molar-refractivity contribution >= 4 is 17.4 Å². The number of hydrogen-bond donors (Lipinski definition) is 1. The van der Waals surface area contributed by atoms with Crippen molar-refractivity contribution in [2.75, 3.05) is 11.9 Å². The molecule has 0 aromatic carbocycles. The Labute approximate surface area is 82.9 Å². The van der Waals surface area contributed by atoms with Crippen LogP contribution in [-0.2, 0) is 0 Å². The second-order valence-electron chi connectivity index (χ2n) is 2.70. The van der Waals surface area contributed by atoms with Gasteiger partial charge in [0.15, 0.2) is 0 Å². The van der Waals surface area contributed by atoms with Gasteiger partial charge in [-0.25, -0.2) is 9.97 Å². The average Bonchev–Trinajstić information content (AvgIpc) is 2.09. The molecule has 4 heteroatoms. The fraction of sp³-hybridized carbons (Fsp3) is 0.333. The van der Waals surface area contributed by atoms with E-state index >= 15 is 0 Å². The minimum absolute atomic E-state index is 0.499. The summed E-state index contributed by atoms with van der Waals surface area (Å²) >= 11 is 5.88. The summed E-state index contributed by atoms with van der Waals surface area (Å²) in [6.07, 6.45) is 1.77. The first kappa shape index (κ1) is 9.99. The van der Waals surface area contributed by atoms with Crippen molar-refractivity contribution in [1.82, 2.24) is 9.97 Å². The Hall–Kier alpha value is -1.09. The maximum Gasteiger partial charge on any atom is 0.137 e. The SMILES string of the molecule is C=CCNc1nc(C)nc(Cl)c1C. The molecule has 0 saturated heterocycles. The number of aromatic nitrogens is 2. The number of anilines is 1. The molecule has 0 aliphatic rings. The lowest BCUT2D eigenvalue weighted by molar-refractivity contribution is 1.02. The molecule has 0 aliphatic carbocycles. The van der Waals surface area contributed by atoms with Gasteiger partial charge in [0.05, 0.1) is 0 Å². The Morgan fingerprint density at radius 3 is 2.77 bits per heavy atom. The van der Waals surface area contributed by atoms with Gasteiger partial charge in [-0.15, -0.1) is 6.58 Å². The highest BCUT2D eigenvalue weighted by molar-refractivity contribution is 6.30. The summed E-state index contributed by atoms with van der Waals surface area (Å²) in [6.45, 7) is 7.98. The van der Waals surface area contributed by atoms with Crippen LogP contribution in [0, 0.1) is 13.8 Å². The summed E-state index contributed by atoms with van der Waals surface area (Å²) in [4.78, 5) is 8.25. The van der Waals surface area contributed by atoms with E-state index in [0.29, 0.717) is 17.5 Å². The fourth-order valence-electron chi connectivity index (χ4n) is 0.935. The Morgan fingerprint density at radius 1 is 1.46 bits per heavy atom. The van der Waals surface area contributed by atoms with Crippen LogP contribution in [0.3, 0.4) is 0 Å². The van der Waals surface area contributed by atoms with Crippen LogP contribution in [-0.4, -0.2) is 16.5 Å². The third-order valence-corrected chi connectivity index (χ3v) is 1.98. The minimum Gasteiger partial charge on any atom is -0.366 e. The first-order valence-corrected chi connectivity index (χ1v) is 4.38. The third-order valence-electron chi connectivity index (χ3n) is 1.61. The van der Waals surface area contributed by atoms with Gasteiger partial charge in [0.25, 0.3) is 0 Å². The fourth-order valence-corrected chi connectivity index (χ4v) is 1.15. The zero-order chi connectivity index (χ0) is 9.84. The highest BCUT2D eigenvalue weighted by atomic mass is 35.5. The molecule has 0 saturated carbocycles. The molecule has 3 nitrogen and oxygen atoms in total. The molecule has 0 amide bonds. The van der Waals surface area contributed by atoms with Crippen molar-refractivity contribution in [3.8, 4) is 0 Å². The molecular formula is C9H12ClN3. The van der Waals surface area contributed by atoms with Gasteiger partial charge in [-0.1, -0.05) is 17.7 Å². The van der Waals surface area contributed by atoms with Crippen LogP contribution in [0.25, 0.3) is 0 Å². The molecule has 0 radical (unpaired) electrons. The molecule has 0 atom stereocenters. The van der Waals surface area contributed by atoms with Crippen molar-refractivity contribution in [2.24, 2.45) is 0 Å². The lowest BCUT2D eigenvalue weighted by atomic mass is 10.3. The largest absolute Gasteiger partial charge is 0.366 e. The Kier molecular flexibility index (Phi) is 3.25. The highest BCUT2D eigenvalue weighted by Crippen LogP contribution is 2.18. The zero-order valence-corrected chi connectivity index (χ0v) is 8.52. The predicted octanol–water partition coefficient (Wildman–Crippen LogP) is 2.34. The van der Waals surface area contributed by atoms with Crippen LogP contribution in [0.5, 0.6) is 0 Å². The van der Waals surface area contributed by atoms with E-state index in [1.54, 1.807) is 6.08 Å². The molecular weight excluding hydrogens is 186 g/mol. The third kappa shape index (κ3) is 2.42. The van der Waals surface area contributed by atoms with Gasteiger partial charge in [-0.05, 0) is 13.8 Å². The normalized spacial score (nSPS) is 9.77. The number of aryl methyl sites for hydroxylation is 1. The molecule has 13 heavy (non-hydrogen) atoms. The maximum absolute atomic E-state index is 5.88. The van der Waals surface area contributed by atoms with Gasteiger partial charge in [-0.2, -0.15) is 0 Å². The lowest BCUT2D eigenvalue weighted by Crippen LogP contribution is -2.05. The number of halogens is 1. The summed E-state index contributed by atoms with van der Waals surface area (Å²) in [5, 5.41) is 3.59. The van der Waals surface area contributed by atoms with E-state index in [4.69, 9.17) is 11.6 Å². The van der Waals surface area contributed by atoms with Gasteiger partial charge in [-0.3, -0.25) is 0 Å². The van der Waals surface area contributed by atoms with Crippen molar-refractivity contribution < 1.29 is 0 Å². The molecule has 0 aliphatic heterocycles. The van der Waals surface area contributed by atoms with E-state index in [0.717, 1.165) is 11.4 Å². The quantitative estimate of drug-likeness (QED) is 0.597. The zero-order valence-electron chi connectivity index (χ0n) is 7.76. The van der Waals surface area contributed by atoms with E-state index < -0.39 is 0 Å². The van der Waals surface area contributed by atoms with E-state index in [9.17, 15) is 0 Å². The number of rotatable bonds is 3. The van der Waals surface area contributed by atoms with Crippen LogP contribution in [0.15, 0.2) is 12.7 Å². The van der Waals surface area contributed by atoms with Crippen molar-refractivity contribution in [3.63, 3.8) is 0 Å². The predicted molar refractivity (Wildman–Crippen MR) is 55.2 cm³/mol. The average molecular weight is 198 g/mol. The topological polar surface area (TPSA) is 37.8 Å². The molecule has 1 heterocycles. The van der Waals surface area contributed by atoms with Crippen LogP contribution < -0.4 is 5.32 Å². The summed E-state index contributed by atoms with van der Waals surface area (Å²) in [5.41, 5.74) is 0.870. The van der Waals surface area contributed by atoms with Crippen LogP contribution in [0.2, 0.25) is 5.15 Å². The summed E-state index contributed by atoms with van der Waals surface area (Å²) in [5.74, 6) is 1.44. The van der Waals surface area contributed by atoms with Gasteiger partial charge in [0.1, 0.15) is 16.8 Å². The van der Waals surface area contributed by atoms with Crippen LogP contribution in [0.1, 0.15) is 11.4 Å². The second-order valence-corrected chi connectivity index (χ2v) is 3.06. The van der Waals surface area contributed by atoms with Crippen LogP contribution in [0.4, 0.5) is 5.82 Å². The number of nitrogens with one attached hydrogen (secondary N) is 1. The Morgan fingerprint density at radius 2 is 2.15 bits per heavy atom. The molecule has 0 bridgehead atoms. The Bertz CT molecular complexity index is 323. The molecule has 0 spiro atoms. The molecule has 1 aromatic rings. The summed E-state index contributed by atoms with van der Waals surface area (Å²) in [7, 11) is 0. The van der Waals surface area contributed by atoms with Crippen LogP contribution >= 0.6 is 11.6 Å². The van der Waals surface area contributed by atoms with Crippen molar-refractivity contribution in [2.45, 2.75) is 13.8 Å². The monoisotopic (exact) mass is 197 g/mol. The number of nitrogens with zero attached hydrogens (tertiary/aromatic N) is 2. The van der Waals surface area contributed by atoms with Gasteiger partial charge in [0, 0.05) is 12.1 Å². The van der Waals surface area contributed by atoms with Gasteiger partial charge >= 0.3 is 0 Å². The second kappa shape index (κ2) is 4.23. The standard InChI is InChI=1S/C9H12ClN3/c1-4-5-11-9-6(2)8(10)12-7(3)13-9/h4H,1,5H2,2-3H3,(H,11,12,13). The molecule has 1 aromatic heterocycles. The summed E-state index contributed by atoms with van der Waals surface area (Å²) in [6, 6.07) is 0. The maximum atomic E-state index is 5.88. The molecule has 1 rings (SSSR count). The number of hydrogen-bond acceptors (Lipinski definition) is 3. The molecule has 70 valence electrons. The lowest BCUT2D eigenvalue weighted by Gasteiger charge is -2.07. The van der Waals surface area contributed by atoms with E-state index in [-0.39, 0.29) is 0 Å². The van der Waals surface area contributed by atoms with Crippen molar-refractivity contribution in [1.29, 1.82) is 0 Å². The van der Waals surface area contributed by atoms with E-state index in [2.05, 4.69) is 21.9 Å². The van der Waals surface area contributed by atoms with Gasteiger partial charge in [0.2, 0.25) is 0 Å². The van der Waals surface area contributed by atoms with Crippen molar-refractivity contribution in [3.05, 3.63) is 29.2 Å². The smallest absolute Gasteiger partial charge is 0.137 e. The molecule has 1 N–H and O–H groups in total. The summed E-state index contributed by atoms with van der Waals surface area (Å²) < 4.78 is 0. The minimum atomic E-state index is 0.499. The Balaban J connectivity index is 2.98. The molecule has 0 unspecified atom stereocenters. The first-order chi connectivity index (χ1) is 6.15.